The topological polar surface area (TPSA) is 177 Å². The third kappa shape index (κ3) is 7.78. The Balaban J connectivity index is 1.54. The van der Waals surface area contributed by atoms with Gasteiger partial charge in [0, 0.05) is 18.3 Å². The van der Waals surface area contributed by atoms with Gasteiger partial charge in [-0.15, -0.1) is 0 Å². The standard InChI is InChI=1S/C25H25N5O6S/c26-15-22(31)29-25(34)21-13-10-19(16-28-21)24(33)30-37(35,36)20-11-8-18(9-12-20)23(32)27-14-4-7-17-5-2-1-3-6-17/h1-3,5-6,8-13,16H,4,7,14-15,26H2,(H,27,32)(H,30,33)(H,29,31,34). The van der Waals surface area contributed by atoms with E-state index in [1.54, 1.807) is 0 Å². The van der Waals surface area contributed by atoms with Crippen LogP contribution >= 0.6 is 0 Å². The molecule has 3 rings (SSSR count). The van der Waals surface area contributed by atoms with Crippen LogP contribution in [0.5, 0.6) is 0 Å². The van der Waals surface area contributed by atoms with Gasteiger partial charge in [-0.25, -0.2) is 13.1 Å². The summed E-state index contributed by atoms with van der Waals surface area (Å²) in [5, 5.41) is 4.79. The van der Waals surface area contributed by atoms with E-state index < -0.39 is 27.7 Å². The Bertz CT molecular complexity index is 1380. The van der Waals surface area contributed by atoms with Crippen LogP contribution in [0, 0.1) is 0 Å². The van der Waals surface area contributed by atoms with E-state index in [0.29, 0.717) is 6.54 Å². The van der Waals surface area contributed by atoms with E-state index in [1.807, 2.05) is 40.4 Å². The fourth-order valence-corrected chi connectivity index (χ4v) is 4.14. The minimum absolute atomic E-state index is 0.128. The quantitative estimate of drug-likeness (QED) is 0.282. The Kier molecular flexibility index (Phi) is 9.19. The maximum absolute atomic E-state index is 12.6. The summed E-state index contributed by atoms with van der Waals surface area (Å²) in [6, 6.07) is 17.3. The Morgan fingerprint density at radius 3 is 2.11 bits per heavy atom. The second-order valence-electron chi connectivity index (χ2n) is 7.82. The lowest BCUT2D eigenvalue weighted by Crippen LogP contribution is -2.36. The van der Waals surface area contributed by atoms with Crippen LogP contribution in [0.25, 0.3) is 0 Å². The predicted molar refractivity (Wildman–Crippen MR) is 134 cm³/mol. The van der Waals surface area contributed by atoms with Gasteiger partial charge >= 0.3 is 0 Å². The van der Waals surface area contributed by atoms with Crippen LogP contribution in [0.3, 0.4) is 0 Å². The van der Waals surface area contributed by atoms with Crippen LogP contribution in [-0.2, 0) is 21.2 Å². The molecule has 2 aromatic carbocycles. The smallest absolute Gasteiger partial charge is 0.276 e. The number of carbonyl (C=O) groups excluding carboxylic acids is 4. The van der Waals surface area contributed by atoms with Crippen molar-refractivity contribution >= 4 is 33.7 Å². The summed E-state index contributed by atoms with van der Waals surface area (Å²) in [4.78, 5) is 51.3. The molecule has 0 spiro atoms. The summed E-state index contributed by atoms with van der Waals surface area (Å²) < 4.78 is 27.1. The molecule has 4 amide bonds. The number of nitrogens with zero attached hydrogens (tertiary/aromatic N) is 1. The van der Waals surface area contributed by atoms with Gasteiger partial charge in [0.1, 0.15) is 5.69 Å². The highest BCUT2D eigenvalue weighted by Gasteiger charge is 2.20. The van der Waals surface area contributed by atoms with Gasteiger partial charge in [0.2, 0.25) is 5.91 Å². The number of nitrogens with two attached hydrogens (primary N) is 1. The SMILES string of the molecule is NCC(=O)NC(=O)c1ccc(C(=O)NS(=O)(=O)c2ccc(C(=O)NCCCc3ccccc3)cc2)cn1. The Morgan fingerprint density at radius 1 is 0.811 bits per heavy atom. The third-order valence-electron chi connectivity index (χ3n) is 5.12. The van der Waals surface area contributed by atoms with Crippen molar-refractivity contribution in [1.82, 2.24) is 20.3 Å². The molecule has 0 unspecified atom stereocenters. The maximum Gasteiger partial charge on any atom is 0.276 e. The van der Waals surface area contributed by atoms with E-state index in [-0.39, 0.29) is 34.2 Å². The van der Waals surface area contributed by atoms with Crippen molar-refractivity contribution in [3.05, 3.63) is 95.3 Å². The summed E-state index contributed by atoms with van der Waals surface area (Å²) in [7, 11) is -4.24. The fourth-order valence-electron chi connectivity index (χ4n) is 3.17. The minimum Gasteiger partial charge on any atom is -0.352 e. The molecule has 37 heavy (non-hydrogen) atoms. The van der Waals surface area contributed by atoms with E-state index in [9.17, 15) is 27.6 Å². The molecule has 0 saturated carbocycles. The number of aryl methyl sites for hydroxylation is 1. The third-order valence-corrected chi connectivity index (χ3v) is 6.47. The molecule has 192 valence electrons. The first-order valence-electron chi connectivity index (χ1n) is 11.2. The molecule has 1 heterocycles. The molecule has 11 nitrogen and oxygen atoms in total. The van der Waals surface area contributed by atoms with Crippen molar-refractivity contribution < 1.29 is 27.6 Å². The van der Waals surface area contributed by atoms with Crippen LogP contribution < -0.4 is 21.1 Å². The lowest BCUT2D eigenvalue weighted by molar-refractivity contribution is -0.118. The number of rotatable bonds is 10. The Morgan fingerprint density at radius 2 is 1.49 bits per heavy atom. The summed E-state index contributed by atoms with van der Waals surface area (Å²) in [6.07, 6.45) is 2.57. The van der Waals surface area contributed by atoms with E-state index in [4.69, 9.17) is 5.73 Å². The zero-order valence-corrected chi connectivity index (χ0v) is 20.5. The highest BCUT2D eigenvalue weighted by atomic mass is 32.2. The van der Waals surface area contributed by atoms with Crippen molar-refractivity contribution in [1.29, 1.82) is 0 Å². The Labute approximate surface area is 213 Å². The van der Waals surface area contributed by atoms with Crippen LogP contribution in [-0.4, -0.2) is 50.1 Å². The summed E-state index contributed by atoms with van der Waals surface area (Å²) >= 11 is 0. The molecule has 12 heteroatoms. The number of carbonyl (C=O) groups is 4. The van der Waals surface area contributed by atoms with E-state index in [0.717, 1.165) is 25.1 Å². The van der Waals surface area contributed by atoms with Crippen LogP contribution in [0.2, 0.25) is 0 Å². The molecule has 0 fully saturated rings. The molecule has 0 aliphatic carbocycles. The molecule has 0 radical (unpaired) electrons. The van der Waals surface area contributed by atoms with Gasteiger partial charge in [-0.05, 0) is 54.8 Å². The molecule has 0 atom stereocenters. The second-order valence-corrected chi connectivity index (χ2v) is 9.50. The molecule has 0 aliphatic heterocycles. The first-order valence-corrected chi connectivity index (χ1v) is 12.7. The number of pyridine rings is 1. The number of amides is 4. The van der Waals surface area contributed by atoms with Crippen molar-refractivity contribution in [2.45, 2.75) is 17.7 Å². The van der Waals surface area contributed by atoms with Crippen molar-refractivity contribution in [3.8, 4) is 0 Å². The van der Waals surface area contributed by atoms with Gasteiger partial charge in [0.25, 0.3) is 27.7 Å². The second kappa shape index (κ2) is 12.5. The molecule has 5 N–H and O–H groups in total. The largest absolute Gasteiger partial charge is 0.352 e. The number of hydrogen-bond acceptors (Lipinski definition) is 8. The number of nitrogens with one attached hydrogen (secondary N) is 3. The molecule has 3 aromatic rings. The lowest BCUT2D eigenvalue weighted by atomic mass is 10.1. The van der Waals surface area contributed by atoms with Crippen molar-refractivity contribution in [2.24, 2.45) is 5.73 Å². The zero-order valence-electron chi connectivity index (χ0n) is 19.6. The number of sulfonamides is 1. The van der Waals surface area contributed by atoms with Crippen LogP contribution in [0.15, 0.2) is 77.8 Å². The number of aromatic nitrogens is 1. The summed E-state index contributed by atoms with van der Waals surface area (Å²) in [5.74, 6) is -2.83. The maximum atomic E-state index is 12.6. The average Bonchev–Trinajstić information content (AvgIpc) is 2.91. The van der Waals surface area contributed by atoms with E-state index in [1.165, 1.54) is 35.9 Å². The van der Waals surface area contributed by atoms with Gasteiger partial charge in [0.05, 0.1) is 17.0 Å². The van der Waals surface area contributed by atoms with Crippen LogP contribution in [0.4, 0.5) is 0 Å². The van der Waals surface area contributed by atoms with E-state index in [2.05, 4.69) is 10.3 Å². The fraction of sp³-hybridized carbons (Fsp3) is 0.160. The van der Waals surface area contributed by atoms with Gasteiger partial charge in [-0.1, -0.05) is 30.3 Å². The first-order chi connectivity index (χ1) is 17.7. The molecular weight excluding hydrogens is 498 g/mol. The van der Waals surface area contributed by atoms with Crippen molar-refractivity contribution in [3.63, 3.8) is 0 Å². The highest BCUT2D eigenvalue weighted by Crippen LogP contribution is 2.12. The van der Waals surface area contributed by atoms with Gasteiger partial charge in [-0.3, -0.25) is 29.5 Å². The molecule has 0 saturated heterocycles. The summed E-state index contributed by atoms with van der Waals surface area (Å²) in [5.41, 5.74) is 6.28. The monoisotopic (exact) mass is 523 g/mol. The molecule has 0 bridgehead atoms. The predicted octanol–water partition coefficient (Wildman–Crippen LogP) is 0.778. The molecular formula is C25H25N5O6S. The molecule has 1 aromatic heterocycles. The van der Waals surface area contributed by atoms with E-state index >= 15 is 0 Å². The van der Waals surface area contributed by atoms with Crippen LogP contribution in [0.1, 0.15) is 43.2 Å². The number of benzene rings is 2. The Hall–Kier alpha value is -4.42. The normalized spacial score (nSPS) is 10.8. The zero-order chi connectivity index (χ0) is 26.8. The number of imide groups is 1. The average molecular weight is 524 g/mol. The van der Waals surface area contributed by atoms with Gasteiger partial charge in [-0.2, -0.15) is 0 Å². The first kappa shape index (κ1) is 27.2. The molecule has 0 aliphatic rings. The lowest BCUT2D eigenvalue weighted by Gasteiger charge is -2.09. The highest BCUT2D eigenvalue weighted by molar-refractivity contribution is 7.90. The van der Waals surface area contributed by atoms with Gasteiger partial charge in [0.15, 0.2) is 0 Å². The summed E-state index contributed by atoms with van der Waals surface area (Å²) in [6.45, 7) is 0.0755. The number of hydrogen-bond donors (Lipinski definition) is 4. The van der Waals surface area contributed by atoms with Gasteiger partial charge < -0.3 is 11.1 Å². The minimum atomic E-state index is -4.24. The van der Waals surface area contributed by atoms with Crippen molar-refractivity contribution in [2.75, 3.05) is 13.1 Å².